The second kappa shape index (κ2) is 7.73. The fourth-order valence-electron chi connectivity index (χ4n) is 3.19. The maximum atomic E-state index is 13.9. The monoisotopic (exact) mass is 457 g/mol. The summed E-state index contributed by atoms with van der Waals surface area (Å²) in [6.07, 6.45) is 3.25. The summed E-state index contributed by atoms with van der Waals surface area (Å²) in [7, 11) is -2.08. The number of hydrogen-bond donors (Lipinski definition) is 1. The van der Waals surface area contributed by atoms with E-state index in [1.807, 2.05) is 6.92 Å². The van der Waals surface area contributed by atoms with Gasteiger partial charge in [-0.25, -0.2) is 12.8 Å². The van der Waals surface area contributed by atoms with Crippen LogP contribution in [0.3, 0.4) is 0 Å². The Morgan fingerprint density at radius 3 is 2.74 bits per heavy atom. The molecule has 1 N–H and O–H groups in total. The SMILES string of the molecule is CC1CCCN(S(=O)(=O)c2cc(C(=O)Nc3ccc(Br)cc3F)n(C)c2)C1. The minimum Gasteiger partial charge on any atom is -0.345 e. The molecule has 3 rings (SSSR count). The van der Waals surface area contributed by atoms with Crippen LogP contribution in [0, 0.1) is 11.7 Å². The Labute approximate surface area is 166 Å². The third-order valence-corrected chi connectivity index (χ3v) is 6.97. The number of piperidine rings is 1. The first-order valence-electron chi connectivity index (χ1n) is 8.61. The highest BCUT2D eigenvalue weighted by Gasteiger charge is 2.30. The average molecular weight is 458 g/mol. The van der Waals surface area contributed by atoms with Gasteiger partial charge in [-0.3, -0.25) is 4.79 Å². The van der Waals surface area contributed by atoms with Crippen LogP contribution in [0.1, 0.15) is 30.3 Å². The molecule has 27 heavy (non-hydrogen) atoms. The molecule has 0 spiro atoms. The van der Waals surface area contributed by atoms with Crippen molar-refractivity contribution >= 4 is 37.5 Å². The van der Waals surface area contributed by atoms with Gasteiger partial charge in [0.2, 0.25) is 10.0 Å². The van der Waals surface area contributed by atoms with E-state index in [1.54, 1.807) is 13.1 Å². The zero-order valence-corrected chi connectivity index (χ0v) is 17.5. The van der Waals surface area contributed by atoms with Gasteiger partial charge in [0.05, 0.1) is 5.69 Å². The van der Waals surface area contributed by atoms with Crippen LogP contribution in [0.4, 0.5) is 10.1 Å². The number of hydrogen-bond acceptors (Lipinski definition) is 3. The molecule has 1 unspecified atom stereocenters. The molecule has 1 atom stereocenters. The standard InChI is InChI=1S/C18H21BrFN3O3S/c1-12-4-3-7-23(10-12)27(25,26)14-9-17(22(2)11-14)18(24)21-16-6-5-13(19)8-15(16)20/h5-6,8-9,11-12H,3-4,7,10H2,1-2H3,(H,21,24). The minimum atomic E-state index is -3.66. The van der Waals surface area contributed by atoms with Crippen molar-refractivity contribution in [2.24, 2.45) is 13.0 Å². The summed E-state index contributed by atoms with van der Waals surface area (Å²) in [5.74, 6) is -0.852. The zero-order chi connectivity index (χ0) is 19.8. The first-order chi connectivity index (χ1) is 12.7. The van der Waals surface area contributed by atoms with Crippen LogP contribution >= 0.6 is 15.9 Å². The highest BCUT2D eigenvalue weighted by atomic mass is 79.9. The van der Waals surface area contributed by atoms with Crippen molar-refractivity contribution in [1.29, 1.82) is 0 Å². The number of carbonyl (C=O) groups excluding carboxylic acids is 1. The first kappa shape index (κ1) is 20.0. The van der Waals surface area contributed by atoms with E-state index < -0.39 is 21.7 Å². The van der Waals surface area contributed by atoms with Gasteiger partial charge >= 0.3 is 0 Å². The zero-order valence-electron chi connectivity index (χ0n) is 15.1. The fraction of sp³-hybridized carbons (Fsp3) is 0.389. The Hall–Kier alpha value is -1.71. The van der Waals surface area contributed by atoms with Gasteiger partial charge in [0.1, 0.15) is 16.4 Å². The number of amides is 1. The van der Waals surface area contributed by atoms with E-state index in [1.165, 1.54) is 33.3 Å². The molecule has 0 aliphatic carbocycles. The third-order valence-electron chi connectivity index (χ3n) is 4.65. The van der Waals surface area contributed by atoms with E-state index in [0.717, 1.165) is 12.8 Å². The number of carbonyl (C=O) groups is 1. The smallest absolute Gasteiger partial charge is 0.272 e. The lowest BCUT2D eigenvalue weighted by Gasteiger charge is -2.29. The van der Waals surface area contributed by atoms with E-state index in [2.05, 4.69) is 21.2 Å². The molecule has 2 aromatic rings. The number of halogens is 2. The van der Waals surface area contributed by atoms with Crippen LogP contribution in [0.5, 0.6) is 0 Å². The highest BCUT2D eigenvalue weighted by Crippen LogP contribution is 2.25. The van der Waals surface area contributed by atoms with Gasteiger partial charge in [0.15, 0.2) is 0 Å². The molecular formula is C18H21BrFN3O3S. The summed E-state index contributed by atoms with van der Waals surface area (Å²) in [6.45, 7) is 2.98. The molecule has 2 heterocycles. The van der Waals surface area contributed by atoms with Gasteiger partial charge in [0.25, 0.3) is 5.91 Å². The van der Waals surface area contributed by atoms with Crippen LogP contribution in [-0.2, 0) is 17.1 Å². The van der Waals surface area contributed by atoms with Gasteiger partial charge in [-0.2, -0.15) is 4.31 Å². The third kappa shape index (κ3) is 4.25. The number of benzene rings is 1. The van der Waals surface area contributed by atoms with Gasteiger partial charge in [-0.15, -0.1) is 0 Å². The summed E-state index contributed by atoms with van der Waals surface area (Å²) < 4.78 is 43.2. The van der Waals surface area contributed by atoms with Crippen LogP contribution in [0.25, 0.3) is 0 Å². The largest absolute Gasteiger partial charge is 0.345 e. The molecule has 0 radical (unpaired) electrons. The van der Waals surface area contributed by atoms with E-state index in [0.29, 0.717) is 23.5 Å². The van der Waals surface area contributed by atoms with E-state index >= 15 is 0 Å². The maximum Gasteiger partial charge on any atom is 0.272 e. The minimum absolute atomic E-state index is 0.0265. The van der Waals surface area contributed by atoms with Crippen LogP contribution in [0.15, 0.2) is 39.8 Å². The molecule has 1 fully saturated rings. The van der Waals surface area contributed by atoms with Gasteiger partial charge in [0, 0.05) is 30.8 Å². The number of nitrogens with one attached hydrogen (secondary N) is 1. The predicted molar refractivity (Wildman–Crippen MR) is 105 cm³/mol. The van der Waals surface area contributed by atoms with Gasteiger partial charge < -0.3 is 9.88 Å². The molecule has 6 nitrogen and oxygen atoms in total. The first-order valence-corrected chi connectivity index (χ1v) is 10.8. The van der Waals surface area contributed by atoms with Crippen molar-refractivity contribution in [2.75, 3.05) is 18.4 Å². The molecule has 1 aromatic carbocycles. The molecule has 1 saturated heterocycles. The van der Waals surface area contributed by atoms with Crippen molar-refractivity contribution in [2.45, 2.75) is 24.7 Å². The molecule has 0 saturated carbocycles. The second-order valence-corrected chi connectivity index (χ2v) is 9.71. The van der Waals surface area contributed by atoms with E-state index in [4.69, 9.17) is 0 Å². The molecule has 9 heteroatoms. The number of nitrogens with zero attached hydrogens (tertiary/aromatic N) is 2. The van der Waals surface area contributed by atoms with Crippen LogP contribution < -0.4 is 5.32 Å². The van der Waals surface area contributed by atoms with Gasteiger partial charge in [-0.1, -0.05) is 22.9 Å². The Balaban J connectivity index is 1.84. The van der Waals surface area contributed by atoms with Crippen LogP contribution in [-0.4, -0.2) is 36.3 Å². The fourth-order valence-corrected chi connectivity index (χ4v) is 5.20. The Bertz CT molecular complexity index is 974. The van der Waals surface area contributed by atoms with Crippen molar-refractivity contribution < 1.29 is 17.6 Å². The summed E-state index contributed by atoms with van der Waals surface area (Å²) in [6, 6.07) is 5.62. The van der Waals surface area contributed by atoms with Crippen LogP contribution in [0.2, 0.25) is 0 Å². The lowest BCUT2D eigenvalue weighted by Crippen LogP contribution is -2.38. The Kier molecular flexibility index (Phi) is 5.73. The highest BCUT2D eigenvalue weighted by molar-refractivity contribution is 9.10. The van der Waals surface area contributed by atoms with Crippen molar-refractivity contribution in [3.8, 4) is 0 Å². The number of sulfonamides is 1. The number of anilines is 1. The molecule has 1 aromatic heterocycles. The topological polar surface area (TPSA) is 71.4 Å². The summed E-state index contributed by atoms with van der Waals surface area (Å²) in [5, 5.41) is 2.48. The Morgan fingerprint density at radius 1 is 1.33 bits per heavy atom. The van der Waals surface area contributed by atoms with Crippen molar-refractivity contribution in [3.63, 3.8) is 0 Å². The van der Waals surface area contributed by atoms with Gasteiger partial charge in [-0.05, 0) is 43.0 Å². The lowest BCUT2D eigenvalue weighted by atomic mass is 10.0. The predicted octanol–water partition coefficient (Wildman–Crippen LogP) is 3.60. The number of aryl methyl sites for hydroxylation is 1. The molecule has 0 bridgehead atoms. The summed E-state index contributed by atoms with van der Waals surface area (Å²) in [4.78, 5) is 12.6. The lowest BCUT2D eigenvalue weighted by molar-refractivity contribution is 0.101. The maximum absolute atomic E-state index is 13.9. The van der Waals surface area contributed by atoms with Crippen molar-refractivity contribution in [3.05, 3.63) is 46.4 Å². The second-order valence-electron chi connectivity index (χ2n) is 6.86. The normalized spacial score (nSPS) is 18.4. The summed E-state index contributed by atoms with van der Waals surface area (Å²) >= 11 is 3.16. The van der Waals surface area contributed by atoms with Crippen molar-refractivity contribution in [1.82, 2.24) is 8.87 Å². The molecule has 146 valence electrons. The number of rotatable bonds is 4. The summed E-state index contributed by atoms with van der Waals surface area (Å²) in [5.41, 5.74) is 0.166. The number of aromatic nitrogens is 1. The Morgan fingerprint density at radius 2 is 2.07 bits per heavy atom. The quantitative estimate of drug-likeness (QED) is 0.761. The molecule has 1 amide bonds. The molecular weight excluding hydrogens is 437 g/mol. The van der Waals surface area contributed by atoms with E-state index in [-0.39, 0.29) is 16.3 Å². The molecule has 1 aliphatic heterocycles. The van der Waals surface area contributed by atoms with E-state index in [9.17, 15) is 17.6 Å². The average Bonchev–Trinajstić information content (AvgIpc) is 3.00. The molecule has 1 aliphatic rings.